The molecule has 47 heavy (non-hydrogen) atoms. The molecular weight excluding hydrogens is 623 g/mol. The van der Waals surface area contributed by atoms with E-state index in [1.165, 1.54) is 6.07 Å². The lowest BCUT2D eigenvalue weighted by molar-refractivity contribution is -0.117. The number of nitrogens with two attached hydrogens (primary N) is 1. The highest BCUT2D eigenvalue weighted by Gasteiger charge is 2.31. The lowest BCUT2D eigenvalue weighted by Crippen LogP contribution is -2.45. The summed E-state index contributed by atoms with van der Waals surface area (Å²) in [6.45, 7) is 5.26. The number of hydrogen-bond acceptors (Lipinski definition) is 10. The Kier molecular flexibility index (Phi) is 9.68. The molecule has 1 fully saturated rings. The number of nitrogens with one attached hydrogen (secondary N) is 2. The van der Waals surface area contributed by atoms with E-state index in [4.69, 9.17) is 10.5 Å². The van der Waals surface area contributed by atoms with Crippen LogP contribution in [0.3, 0.4) is 0 Å². The van der Waals surface area contributed by atoms with Crippen molar-refractivity contribution in [2.75, 3.05) is 61.1 Å². The molecule has 2 aromatic carbocycles. The van der Waals surface area contributed by atoms with Crippen LogP contribution in [0.4, 0.5) is 26.6 Å². The number of anilines is 4. The Labute approximate surface area is 275 Å². The second-order valence-electron chi connectivity index (χ2n) is 12.2. The van der Waals surface area contributed by atoms with Crippen LogP contribution >= 0.6 is 11.3 Å². The molecule has 0 bridgehead atoms. The van der Waals surface area contributed by atoms with Crippen molar-refractivity contribution in [3.8, 4) is 16.3 Å². The van der Waals surface area contributed by atoms with Gasteiger partial charge in [-0.3, -0.25) is 14.4 Å². The summed E-state index contributed by atoms with van der Waals surface area (Å²) >= 11 is 1.10. The van der Waals surface area contributed by atoms with Gasteiger partial charge in [-0.1, -0.05) is 36.3 Å². The minimum absolute atomic E-state index is 0.0909. The van der Waals surface area contributed by atoms with Gasteiger partial charge in [0, 0.05) is 45.2 Å². The SMILES string of the molecule is C[C@H]1COc2c(N3CCN(C)CC3)c(F)cc3c(=O)c(-c4nnc(NC(=O)CCCCCCC(=O)Nc5ccccc5N)s4)cn1c23. The Morgan fingerprint density at radius 3 is 2.47 bits per heavy atom. The minimum atomic E-state index is -0.488. The minimum Gasteiger partial charge on any atom is -0.487 e. The molecule has 4 heterocycles. The van der Waals surface area contributed by atoms with Crippen LogP contribution in [0, 0.1) is 5.82 Å². The van der Waals surface area contributed by atoms with Gasteiger partial charge in [-0.15, -0.1) is 10.2 Å². The molecule has 2 aliphatic rings. The molecule has 1 saturated heterocycles. The van der Waals surface area contributed by atoms with Crippen molar-refractivity contribution in [2.45, 2.75) is 51.5 Å². The number of pyridine rings is 1. The largest absolute Gasteiger partial charge is 0.487 e. The molecule has 0 unspecified atom stereocenters. The third kappa shape index (κ3) is 7.08. The summed E-state index contributed by atoms with van der Waals surface area (Å²) < 4.78 is 23.7. The number of rotatable bonds is 11. The topological polar surface area (TPSA) is 148 Å². The van der Waals surface area contributed by atoms with Gasteiger partial charge in [0.15, 0.2) is 22.0 Å². The Bertz CT molecular complexity index is 1850. The van der Waals surface area contributed by atoms with Crippen LogP contribution < -0.4 is 31.4 Å². The molecule has 0 radical (unpaired) electrons. The Morgan fingerprint density at radius 2 is 1.74 bits per heavy atom. The van der Waals surface area contributed by atoms with Crippen molar-refractivity contribution in [3.63, 3.8) is 0 Å². The lowest BCUT2D eigenvalue weighted by Gasteiger charge is -2.37. The number of para-hydroxylation sites is 2. The van der Waals surface area contributed by atoms with E-state index in [2.05, 4.69) is 25.7 Å². The number of amides is 2. The van der Waals surface area contributed by atoms with E-state index < -0.39 is 5.82 Å². The summed E-state index contributed by atoms with van der Waals surface area (Å²) in [5, 5.41) is 14.7. The van der Waals surface area contributed by atoms with Crippen LogP contribution in [0.2, 0.25) is 0 Å². The Morgan fingerprint density at radius 1 is 1.04 bits per heavy atom. The van der Waals surface area contributed by atoms with Gasteiger partial charge in [-0.2, -0.15) is 0 Å². The fraction of sp³-hybridized carbons (Fsp3) is 0.424. The molecule has 2 amide bonds. The number of benzene rings is 2. The van der Waals surface area contributed by atoms with Crippen molar-refractivity contribution < 1.29 is 18.7 Å². The van der Waals surface area contributed by atoms with Gasteiger partial charge in [0.2, 0.25) is 16.9 Å². The van der Waals surface area contributed by atoms with Crippen LogP contribution in [0.1, 0.15) is 51.5 Å². The summed E-state index contributed by atoms with van der Waals surface area (Å²) in [5.74, 6) is -0.383. The fourth-order valence-corrected chi connectivity index (χ4v) is 6.77. The lowest BCUT2D eigenvalue weighted by atomic mass is 10.1. The summed E-state index contributed by atoms with van der Waals surface area (Å²) in [6, 6.07) is 8.34. The molecule has 14 heteroatoms. The number of halogens is 1. The first-order valence-corrected chi connectivity index (χ1v) is 16.8. The summed E-state index contributed by atoms with van der Waals surface area (Å²) in [6.07, 6.45) is 5.38. The highest BCUT2D eigenvalue weighted by Crippen LogP contribution is 2.43. The number of likely N-dealkylation sites (N-methyl/N-ethyl adjacent to an activating group) is 1. The number of unbranched alkanes of at least 4 members (excludes halogenated alkanes) is 3. The third-order valence-electron chi connectivity index (χ3n) is 8.66. The predicted molar refractivity (Wildman–Crippen MR) is 183 cm³/mol. The third-order valence-corrected chi connectivity index (χ3v) is 9.53. The molecule has 0 spiro atoms. The molecular formula is C33H39FN8O4S. The smallest absolute Gasteiger partial charge is 0.226 e. The second-order valence-corrected chi connectivity index (χ2v) is 13.1. The van der Waals surface area contributed by atoms with Gasteiger partial charge >= 0.3 is 0 Å². The van der Waals surface area contributed by atoms with Gasteiger partial charge in [0.05, 0.1) is 33.9 Å². The van der Waals surface area contributed by atoms with Gasteiger partial charge in [0.1, 0.15) is 12.3 Å². The number of carbonyl (C=O) groups is 2. The number of nitrogens with zero attached hydrogens (tertiary/aromatic N) is 5. The maximum absolute atomic E-state index is 15.7. The monoisotopic (exact) mass is 662 g/mol. The second kappa shape index (κ2) is 14.1. The van der Waals surface area contributed by atoms with Crippen molar-refractivity contribution >= 4 is 56.2 Å². The van der Waals surface area contributed by atoms with E-state index >= 15 is 4.39 Å². The molecule has 2 aromatic heterocycles. The standard InChI is InChI=1S/C33H39FN8O4S/c1-20-19-46-31-28-21(17-23(34)29(31)41-15-13-40(2)14-16-41)30(45)22(18-42(20)28)32-38-39-33(47-32)37-27(44)12-6-4-3-5-11-26(43)36-25-10-8-7-9-24(25)35/h7-10,17-18,20H,3-6,11-16,19,35H2,1-2H3,(H,36,43)(H,37,39,44)/t20-/m0/s1. The summed E-state index contributed by atoms with van der Waals surface area (Å²) in [7, 11) is 2.04. The number of ether oxygens (including phenoxy) is 1. The van der Waals surface area contributed by atoms with E-state index in [-0.39, 0.29) is 33.8 Å². The van der Waals surface area contributed by atoms with Gasteiger partial charge in [-0.05, 0) is 45.0 Å². The van der Waals surface area contributed by atoms with Crippen molar-refractivity contribution in [1.29, 1.82) is 0 Å². The van der Waals surface area contributed by atoms with E-state index in [9.17, 15) is 14.4 Å². The predicted octanol–water partition coefficient (Wildman–Crippen LogP) is 4.86. The van der Waals surface area contributed by atoms with Gasteiger partial charge in [0.25, 0.3) is 0 Å². The number of nitrogen functional groups attached to an aromatic ring is 1. The Balaban J connectivity index is 1.07. The molecule has 2 aliphatic heterocycles. The quantitative estimate of drug-likeness (QED) is 0.151. The van der Waals surface area contributed by atoms with E-state index in [1.807, 2.05) is 35.6 Å². The Hall–Kier alpha value is -4.56. The van der Waals surface area contributed by atoms with E-state index in [0.717, 1.165) is 37.3 Å². The van der Waals surface area contributed by atoms with E-state index in [0.29, 0.717) is 84.3 Å². The molecule has 0 aliphatic carbocycles. The molecule has 12 nitrogen and oxygen atoms in total. The highest BCUT2D eigenvalue weighted by atomic mass is 32.1. The van der Waals surface area contributed by atoms with Crippen molar-refractivity contribution in [1.82, 2.24) is 19.7 Å². The average molecular weight is 663 g/mol. The van der Waals surface area contributed by atoms with Crippen LogP contribution in [0.25, 0.3) is 21.5 Å². The first-order valence-electron chi connectivity index (χ1n) is 16.0. The van der Waals surface area contributed by atoms with Crippen molar-refractivity contribution in [2.24, 2.45) is 0 Å². The number of carbonyl (C=O) groups excluding carboxylic acids is 2. The normalized spacial score (nSPS) is 16.2. The maximum Gasteiger partial charge on any atom is 0.226 e. The highest BCUT2D eigenvalue weighted by molar-refractivity contribution is 7.18. The van der Waals surface area contributed by atoms with Crippen LogP contribution in [-0.2, 0) is 9.59 Å². The van der Waals surface area contributed by atoms with Crippen molar-refractivity contribution in [3.05, 3.63) is 52.6 Å². The first kappa shape index (κ1) is 32.4. The molecule has 248 valence electrons. The first-order chi connectivity index (χ1) is 22.7. The van der Waals surface area contributed by atoms with Crippen LogP contribution in [0.5, 0.6) is 5.75 Å². The zero-order valence-electron chi connectivity index (χ0n) is 26.6. The number of hydrogen-bond donors (Lipinski definition) is 3. The number of aromatic nitrogens is 3. The maximum atomic E-state index is 15.7. The zero-order valence-corrected chi connectivity index (χ0v) is 27.4. The van der Waals surface area contributed by atoms with Gasteiger partial charge < -0.3 is 35.5 Å². The molecule has 6 rings (SSSR count). The average Bonchev–Trinajstić information content (AvgIpc) is 3.51. The molecule has 1 atom stereocenters. The molecule has 0 saturated carbocycles. The zero-order chi connectivity index (χ0) is 33.1. The number of piperazine rings is 1. The molecule has 4 aromatic rings. The van der Waals surface area contributed by atoms with Crippen LogP contribution in [0.15, 0.2) is 41.3 Å². The van der Waals surface area contributed by atoms with E-state index in [1.54, 1.807) is 18.3 Å². The molecule has 4 N–H and O–H groups in total. The fourth-order valence-electron chi connectivity index (χ4n) is 6.00. The van der Waals surface area contributed by atoms with Crippen LogP contribution in [-0.4, -0.2) is 71.3 Å². The summed E-state index contributed by atoms with van der Waals surface area (Å²) in [5.41, 5.74) is 7.91. The van der Waals surface area contributed by atoms with Gasteiger partial charge in [-0.25, -0.2) is 4.39 Å². The summed E-state index contributed by atoms with van der Waals surface area (Å²) in [4.78, 5) is 42.7.